The van der Waals surface area contributed by atoms with E-state index in [4.69, 9.17) is 14.6 Å². The van der Waals surface area contributed by atoms with Gasteiger partial charge in [-0.15, -0.1) is 0 Å². The molecule has 1 N–H and O–H groups in total. The number of carbonyl (C=O) groups is 4. The number of esters is 1. The molecule has 27 heavy (non-hydrogen) atoms. The molecule has 0 rings (SSSR count). The maximum absolute atomic E-state index is 11.7. The van der Waals surface area contributed by atoms with Crippen molar-refractivity contribution >= 4 is 23.9 Å². The van der Waals surface area contributed by atoms with Gasteiger partial charge in [0.05, 0.1) is 31.6 Å². The summed E-state index contributed by atoms with van der Waals surface area (Å²) in [6.07, 6.45) is 0. The van der Waals surface area contributed by atoms with E-state index in [1.54, 1.807) is 6.92 Å². The Morgan fingerprint density at radius 1 is 0.852 bits per heavy atom. The number of aliphatic carboxylic acids is 3. The quantitative estimate of drug-likeness (QED) is 0.156. The van der Waals surface area contributed by atoms with Gasteiger partial charge in [-0.3, -0.25) is 19.4 Å². The molecule has 0 saturated carbocycles. The summed E-state index contributed by atoms with van der Waals surface area (Å²) in [5.41, 5.74) is 0. The van der Waals surface area contributed by atoms with Gasteiger partial charge in [-0.25, -0.2) is 0 Å². The van der Waals surface area contributed by atoms with Gasteiger partial charge >= 0.3 is 71.1 Å². The van der Waals surface area contributed by atoms with Crippen molar-refractivity contribution in [1.82, 2.24) is 9.80 Å². The van der Waals surface area contributed by atoms with Crippen LogP contribution in [0, 0.1) is 0 Å². The summed E-state index contributed by atoms with van der Waals surface area (Å²) in [5.74, 6) is -4.84. The minimum absolute atomic E-state index is 0. The van der Waals surface area contributed by atoms with Crippen molar-refractivity contribution in [3.63, 3.8) is 0 Å². The molecular weight excluding hydrogens is 386 g/mol. The Bertz CT molecular complexity index is 450. The maximum atomic E-state index is 11.7. The number of nitrogens with zero attached hydrogens (tertiary/aromatic N) is 2. The van der Waals surface area contributed by atoms with Crippen LogP contribution in [0.15, 0.2) is 0 Å². The molecule has 0 fully saturated rings. The van der Waals surface area contributed by atoms with Crippen LogP contribution < -0.4 is 69.3 Å². The molecule has 0 spiro atoms. The van der Waals surface area contributed by atoms with Crippen molar-refractivity contribution in [2.75, 3.05) is 59.1 Å². The Morgan fingerprint density at radius 2 is 1.33 bits per heavy atom. The second kappa shape index (κ2) is 19.1. The summed E-state index contributed by atoms with van der Waals surface area (Å²) < 4.78 is 9.86. The fourth-order valence-electron chi connectivity index (χ4n) is 1.85. The van der Waals surface area contributed by atoms with Crippen molar-refractivity contribution in [2.24, 2.45) is 0 Å². The fourth-order valence-corrected chi connectivity index (χ4v) is 1.85. The van der Waals surface area contributed by atoms with Crippen LogP contribution in [-0.2, 0) is 28.7 Å². The van der Waals surface area contributed by atoms with Crippen molar-refractivity contribution < 1.29 is 103 Å². The van der Waals surface area contributed by atoms with Gasteiger partial charge in [0.2, 0.25) is 0 Å². The van der Waals surface area contributed by atoms with E-state index in [2.05, 4.69) is 0 Å². The van der Waals surface area contributed by atoms with Gasteiger partial charge in [-0.2, -0.15) is 0 Å². The first-order valence-corrected chi connectivity index (χ1v) is 7.54. The third-order valence-corrected chi connectivity index (χ3v) is 2.84. The Morgan fingerprint density at radius 3 is 1.74 bits per heavy atom. The monoisotopic (exact) mass is 408 g/mol. The van der Waals surface area contributed by atoms with Crippen LogP contribution in [0.2, 0.25) is 0 Å². The minimum Gasteiger partial charge on any atom is -0.549 e. The zero-order chi connectivity index (χ0) is 19.2. The van der Waals surface area contributed by atoms with Gasteiger partial charge < -0.3 is 34.4 Å². The second-order valence-corrected chi connectivity index (χ2v) is 4.98. The molecule has 0 aliphatic rings. The molecule has 0 aromatic carbocycles. The number of carboxylic acids is 3. The van der Waals surface area contributed by atoms with Crippen molar-refractivity contribution in [2.45, 2.75) is 6.92 Å². The maximum Gasteiger partial charge on any atom is 1.00 e. The van der Waals surface area contributed by atoms with Gasteiger partial charge in [0.25, 0.3) is 0 Å². The molecule has 0 aromatic rings. The number of carbonyl (C=O) groups excluding carboxylic acids is 3. The summed E-state index contributed by atoms with van der Waals surface area (Å²) in [6.45, 7) is 0.155. The standard InChI is InChI=1S/C14H24N2O9.2Na/c1-2-24-5-6-25-14(23)10-16(9-13(21)22)4-3-15(7-11(17)18)8-12(19)20;;/h2-10H2,1H3,(H,17,18)(H,19,20)(H,21,22);;/q;2*+1/p-2. The van der Waals surface area contributed by atoms with E-state index in [9.17, 15) is 29.4 Å². The largest absolute Gasteiger partial charge is 1.00 e. The number of ether oxygens (including phenoxy) is 2. The molecule has 0 bridgehead atoms. The van der Waals surface area contributed by atoms with Crippen LogP contribution in [0.25, 0.3) is 0 Å². The molecule has 0 aromatic heterocycles. The SMILES string of the molecule is CCOCCOC(=O)CN(CCN(CC(=O)[O-])CC(=O)[O-])CC(=O)O.[Na+].[Na+]. The molecule has 0 amide bonds. The minimum atomic E-state index is -1.48. The van der Waals surface area contributed by atoms with E-state index >= 15 is 0 Å². The molecule has 0 unspecified atom stereocenters. The first-order valence-electron chi connectivity index (χ1n) is 7.54. The van der Waals surface area contributed by atoms with E-state index in [1.807, 2.05) is 0 Å². The Labute approximate surface area is 201 Å². The van der Waals surface area contributed by atoms with Crippen LogP contribution in [0.3, 0.4) is 0 Å². The van der Waals surface area contributed by atoms with Crippen LogP contribution in [0.5, 0.6) is 0 Å². The second-order valence-electron chi connectivity index (χ2n) is 4.98. The van der Waals surface area contributed by atoms with Gasteiger partial charge in [0.15, 0.2) is 0 Å². The van der Waals surface area contributed by atoms with E-state index in [-0.39, 0.29) is 92.0 Å². The molecule has 144 valence electrons. The van der Waals surface area contributed by atoms with Crippen LogP contribution in [-0.4, -0.2) is 97.9 Å². The zero-order valence-electron chi connectivity index (χ0n) is 16.0. The summed E-state index contributed by atoms with van der Waals surface area (Å²) >= 11 is 0. The van der Waals surface area contributed by atoms with Crippen molar-refractivity contribution in [3.8, 4) is 0 Å². The van der Waals surface area contributed by atoms with Gasteiger partial charge in [-0.05, 0) is 6.92 Å². The predicted molar refractivity (Wildman–Crippen MR) is 78.0 cm³/mol. The summed E-state index contributed by atoms with van der Waals surface area (Å²) in [5, 5.41) is 30.1. The number of hydrogen-bond acceptors (Lipinski definition) is 10. The summed E-state index contributed by atoms with van der Waals surface area (Å²) in [6, 6.07) is 0. The molecule has 0 saturated heterocycles. The van der Waals surface area contributed by atoms with E-state index in [0.717, 1.165) is 4.90 Å². The van der Waals surface area contributed by atoms with Crippen molar-refractivity contribution in [3.05, 3.63) is 0 Å². The Hall–Kier alpha value is -0.240. The Balaban J connectivity index is -0.00000288. The summed E-state index contributed by atoms with van der Waals surface area (Å²) in [4.78, 5) is 45.9. The van der Waals surface area contributed by atoms with E-state index < -0.39 is 43.5 Å². The van der Waals surface area contributed by atoms with Crippen LogP contribution in [0.4, 0.5) is 0 Å². The smallest absolute Gasteiger partial charge is 0.549 e. The first-order chi connectivity index (χ1) is 11.7. The number of rotatable bonds is 15. The number of carboxylic acid groups (broad SMARTS) is 3. The molecule has 0 aliphatic carbocycles. The molecule has 0 heterocycles. The molecule has 0 atom stereocenters. The van der Waals surface area contributed by atoms with E-state index in [1.165, 1.54) is 4.90 Å². The average molecular weight is 408 g/mol. The molecule has 11 nitrogen and oxygen atoms in total. The molecule has 0 aliphatic heterocycles. The molecule has 13 heteroatoms. The van der Waals surface area contributed by atoms with Gasteiger partial charge in [0, 0.05) is 32.8 Å². The van der Waals surface area contributed by atoms with Crippen molar-refractivity contribution in [1.29, 1.82) is 0 Å². The van der Waals surface area contributed by atoms with Gasteiger partial charge in [0.1, 0.15) is 6.61 Å². The molecular formula is C14H22N2Na2O9. The van der Waals surface area contributed by atoms with Crippen LogP contribution in [0.1, 0.15) is 6.92 Å². The first kappa shape index (κ1) is 31.5. The normalized spacial score (nSPS) is 10.0. The molecule has 0 radical (unpaired) electrons. The van der Waals surface area contributed by atoms with Crippen LogP contribution >= 0.6 is 0 Å². The predicted octanol–water partition coefficient (Wildman–Crippen LogP) is -10.2. The summed E-state index contributed by atoms with van der Waals surface area (Å²) in [7, 11) is 0. The van der Waals surface area contributed by atoms with Gasteiger partial charge in [-0.1, -0.05) is 0 Å². The average Bonchev–Trinajstić information content (AvgIpc) is 2.47. The third-order valence-electron chi connectivity index (χ3n) is 2.84. The number of hydrogen-bond donors (Lipinski definition) is 1. The topological polar surface area (TPSA) is 160 Å². The Kier molecular flexibility index (Phi) is 22.2. The third kappa shape index (κ3) is 20.3. The van der Waals surface area contributed by atoms with E-state index in [0.29, 0.717) is 6.61 Å². The zero-order valence-corrected chi connectivity index (χ0v) is 20.0. The fraction of sp³-hybridized carbons (Fsp3) is 0.714.